The zero-order valence-electron chi connectivity index (χ0n) is 15.3. The summed E-state index contributed by atoms with van der Waals surface area (Å²) in [7, 11) is 0. The van der Waals surface area contributed by atoms with Gasteiger partial charge in [-0.05, 0) is 42.7 Å². The number of ether oxygens (including phenoxy) is 1. The minimum atomic E-state index is -0.536. The van der Waals surface area contributed by atoms with Crippen LogP contribution in [0.15, 0.2) is 54.6 Å². The van der Waals surface area contributed by atoms with Crippen molar-refractivity contribution in [1.82, 2.24) is 10.3 Å². The maximum Gasteiger partial charge on any atom is 0.288 e. The van der Waals surface area contributed by atoms with Crippen LogP contribution in [0.5, 0.6) is 5.75 Å². The SMILES string of the molecule is O=C(N[C@H]1CCCC[C@@H]1O)C1=CN(Cc2ccc(F)cc2)c2ncccc2O1. The van der Waals surface area contributed by atoms with Gasteiger partial charge >= 0.3 is 0 Å². The molecule has 2 heterocycles. The van der Waals surface area contributed by atoms with Crippen molar-refractivity contribution in [2.45, 2.75) is 44.4 Å². The molecule has 28 heavy (non-hydrogen) atoms. The fraction of sp³-hybridized carbons (Fsp3) is 0.333. The van der Waals surface area contributed by atoms with Gasteiger partial charge in [0, 0.05) is 12.7 Å². The first-order chi connectivity index (χ1) is 13.6. The lowest BCUT2D eigenvalue weighted by atomic mass is 9.92. The van der Waals surface area contributed by atoms with Gasteiger partial charge in [-0.3, -0.25) is 4.79 Å². The van der Waals surface area contributed by atoms with E-state index in [2.05, 4.69) is 10.3 Å². The van der Waals surface area contributed by atoms with Gasteiger partial charge in [0.15, 0.2) is 11.6 Å². The van der Waals surface area contributed by atoms with Crippen LogP contribution in [0, 0.1) is 5.82 Å². The maximum absolute atomic E-state index is 13.2. The van der Waals surface area contributed by atoms with Crippen LogP contribution in [0.4, 0.5) is 10.2 Å². The van der Waals surface area contributed by atoms with E-state index >= 15 is 0 Å². The number of pyridine rings is 1. The minimum Gasteiger partial charge on any atom is -0.446 e. The number of aliphatic hydroxyl groups is 1. The van der Waals surface area contributed by atoms with E-state index in [1.165, 1.54) is 12.1 Å². The predicted molar refractivity (Wildman–Crippen MR) is 102 cm³/mol. The molecule has 1 amide bonds. The molecule has 0 saturated heterocycles. The Kier molecular flexibility index (Phi) is 5.25. The molecular formula is C21H22FN3O3. The Balaban J connectivity index is 1.56. The van der Waals surface area contributed by atoms with Crippen molar-refractivity contribution in [1.29, 1.82) is 0 Å². The number of rotatable bonds is 4. The number of hydrogen-bond donors (Lipinski definition) is 2. The lowest BCUT2D eigenvalue weighted by Gasteiger charge is -2.30. The number of halogens is 1. The average Bonchev–Trinajstić information content (AvgIpc) is 2.71. The van der Waals surface area contributed by atoms with Crippen LogP contribution < -0.4 is 15.0 Å². The van der Waals surface area contributed by atoms with E-state index in [0.717, 1.165) is 24.8 Å². The Bertz CT molecular complexity index is 885. The highest BCUT2D eigenvalue weighted by Crippen LogP contribution is 2.33. The van der Waals surface area contributed by atoms with Crippen LogP contribution >= 0.6 is 0 Å². The van der Waals surface area contributed by atoms with E-state index in [-0.39, 0.29) is 23.5 Å². The highest BCUT2D eigenvalue weighted by Gasteiger charge is 2.29. The van der Waals surface area contributed by atoms with Crippen molar-refractivity contribution in [2.24, 2.45) is 0 Å². The molecule has 2 N–H and O–H groups in total. The second-order valence-electron chi connectivity index (χ2n) is 7.11. The molecule has 2 aliphatic rings. The molecule has 0 spiro atoms. The Morgan fingerprint density at radius 3 is 2.82 bits per heavy atom. The molecule has 1 aliphatic carbocycles. The molecule has 0 bridgehead atoms. The quantitative estimate of drug-likeness (QED) is 0.849. The highest BCUT2D eigenvalue weighted by molar-refractivity contribution is 5.93. The van der Waals surface area contributed by atoms with E-state index < -0.39 is 6.10 Å². The van der Waals surface area contributed by atoms with Crippen molar-refractivity contribution >= 4 is 11.7 Å². The van der Waals surface area contributed by atoms with E-state index in [1.54, 1.807) is 41.6 Å². The first-order valence-electron chi connectivity index (χ1n) is 9.45. The average molecular weight is 383 g/mol. The van der Waals surface area contributed by atoms with Gasteiger partial charge in [-0.25, -0.2) is 9.37 Å². The summed E-state index contributed by atoms with van der Waals surface area (Å²) >= 11 is 0. The summed E-state index contributed by atoms with van der Waals surface area (Å²) in [5.74, 6) is 0.526. The number of carbonyl (C=O) groups is 1. The van der Waals surface area contributed by atoms with E-state index in [4.69, 9.17) is 4.74 Å². The summed E-state index contributed by atoms with van der Waals surface area (Å²) in [5, 5.41) is 13.0. The number of amides is 1. The van der Waals surface area contributed by atoms with Crippen molar-refractivity contribution in [3.05, 3.63) is 65.9 Å². The van der Waals surface area contributed by atoms with Gasteiger partial charge in [0.25, 0.3) is 5.91 Å². The van der Waals surface area contributed by atoms with Gasteiger partial charge < -0.3 is 20.1 Å². The molecule has 0 radical (unpaired) electrons. The van der Waals surface area contributed by atoms with Crippen LogP contribution in [-0.2, 0) is 11.3 Å². The second kappa shape index (κ2) is 7.98. The fourth-order valence-electron chi connectivity index (χ4n) is 3.56. The molecule has 2 atom stereocenters. The zero-order chi connectivity index (χ0) is 19.5. The van der Waals surface area contributed by atoms with E-state index in [0.29, 0.717) is 24.5 Å². The molecule has 1 aliphatic heterocycles. The highest BCUT2D eigenvalue weighted by atomic mass is 19.1. The van der Waals surface area contributed by atoms with Gasteiger partial charge in [0.05, 0.1) is 18.3 Å². The number of aliphatic hydroxyl groups excluding tert-OH is 1. The predicted octanol–water partition coefficient (Wildman–Crippen LogP) is 2.88. The maximum atomic E-state index is 13.2. The molecule has 7 heteroatoms. The number of fused-ring (bicyclic) bond motifs is 1. The number of benzene rings is 1. The number of carbonyl (C=O) groups excluding carboxylic acids is 1. The summed E-state index contributed by atoms with van der Waals surface area (Å²) in [4.78, 5) is 18.9. The summed E-state index contributed by atoms with van der Waals surface area (Å²) < 4.78 is 19.0. The third-order valence-corrected chi connectivity index (χ3v) is 5.05. The van der Waals surface area contributed by atoms with Gasteiger partial charge in [0.2, 0.25) is 5.76 Å². The minimum absolute atomic E-state index is 0.139. The van der Waals surface area contributed by atoms with Gasteiger partial charge in [-0.2, -0.15) is 0 Å². The first-order valence-corrected chi connectivity index (χ1v) is 9.45. The standard InChI is InChI=1S/C21H22FN3O3/c22-15-9-7-14(8-10-15)12-25-13-19(28-18-6-3-11-23-20(18)25)21(27)24-16-4-1-2-5-17(16)26/h3,6-11,13,16-17,26H,1-2,4-5,12H2,(H,24,27)/t16-,17-/m0/s1. The molecule has 146 valence electrons. The Labute approximate surface area is 162 Å². The Hall–Kier alpha value is -2.93. The number of nitrogens with zero attached hydrogens (tertiary/aromatic N) is 2. The molecule has 4 rings (SSSR count). The van der Waals surface area contributed by atoms with Gasteiger partial charge in [0.1, 0.15) is 5.82 Å². The van der Waals surface area contributed by atoms with Crippen LogP contribution in [-0.4, -0.2) is 28.1 Å². The lowest BCUT2D eigenvalue weighted by molar-refractivity contribution is -0.121. The molecule has 0 unspecified atom stereocenters. The van der Waals surface area contributed by atoms with Crippen LogP contribution in [0.3, 0.4) is 0 Å². The van der Waals surface area contributed by atoms with Crippen molar-refractivity contribution in [3.63, 3.8) is 0 Å². The number of nitrogens with one attached hydrogen (secondary N) is 1. The van der Waals surface area contributed by atoms with Crippen molar-refractivity contribution in [2.75, 3.05) is 4.90 Å². The molecule has 1 aromatic carbocycles. The summed E-state index contributed by atoms with van der Waals surface area (Å²) in [6.45, 7) is 0.413. The zero-order valence-corrected chi connectivity index (χ0v) is 15.3. The smallest absolute Gasteiger partial charge is 0.288 e. The fourth-order valence-corrected chi connectivity index (χ4v) is 3.56. The van der Waals surface area contributed by atoms with Crippen LogP contribution in [0.2, 0.25) is 0 Å². The Morgan fingerprint density at radius 1 is 1.25 bits per heavy atom. The molecule has 1 aromatic heterocycles. The van der Waals surface area contributed by atoms with Crippen molar-refractivity contribution in [3.8, 4) is 5.75 Å². The molecule has 1 fully saturated rings. The first kappa shape index (κ1) is 18.4. The van der Waals surface area contributed by atoms with Crippen LogP contribution in [0.1, 0.15) is 31.2 Å². The normalized spacial score (nSPS) is 21.4. The third kappa shape index (κ3) is 3.99. The molecule has 6 nitrogen and oxygen atoms in total. The van der Waals surface area contributed by atoms with Crippen molar-refractivity contribution < 1.29 is 19.0 Å². The van der Waals surface area contributed by atoms with Gasteiger partial charge in [-0.1, -0.05) is 25.0 Å². The monoisotopic (exact) mass is 383 g/mol. The van der Waals surface area contributed by atoms with Gasteiger partial charge in [-0.15, -0.1) is 0 Å². The Morgan fingerprint density at radius 2 is 2.04 bits per heavy atom. The summed E-state index contributed by atoms with van der Waals surface area (Å²) in [6, 6.07) is 9.40. The number of aromatic nitrogens is 1. The van der Waals surface area contributed by atoms with E-state index in [1.807, 2.05) is 0 Å². The molecule has 2 aromatic rings. The lowest BCUT2D eigenvalue weighted by Crippen LogP contribution is -2.46. The number of anilines is 1. The van der Waals surface area contributed by atoms with E-state index in [9.17, 15) is 14.3 Å². The second-order valence-corrected chi connectivity index (χ2v) is 7.11. The van der Waals surface area contributed by atoms with Crippen LogP contribution in [0.25, 0.3) is 0 Å². The topological polar surface area (TPSA) is 74.7 Å². The third-order valence-electron chi connectivity index (χ3n) is 5.05. The molecule has 1 saturated carbocycles. The summed E-state index contributed by atoms with van der Waals surface area (Å²) in [5.41, 5.74) is 0.874. The number of hydrogen-bond acceptors (Lipinski definition) is 5. The molecular weight excluding hydrogens is 361 g/mol. The largest absolute Gasteiger partial charge is 0.446 e. The summed E-state index contributed by atoms with van der Waals surface area (Å²) in [6.07, 6.45) is 6.10.